The lowest BCUT2D eigenvalue weighted by Gasteiger charge is -2.34. The van der Waals surface area contributed by atoms with Crippen LogP contribution in [0.15, 0.2) is 41.7 Å². The van der Waals surface area contributed by atoms with Gasteiger partial charge in [0, 0.05) is 65.1 Å². The number of halogens is 2. The summed E-state index contributed by atoms with van der Waals surface area (Å²) < 4.78 is 13.2. The van der Waals surface area contributed by atoms with E-state index in [0.29, 0.717) is 44.5 Å². The number of aromatic nitrogens is 2. The van der Waals surface area contributed by atoms with E-state index in [9.17, 15) is 9.18 Å². The van der Waals surface area contributed by atoms with Crippen LogP contribution in [0.4, 0.5) is 10.3 Å². The third-order valence-electron chi connectivity index (χ3n) is 5.31. The molecule has 2 heterocycles. The van der Waals surface area contributed by atoms with E-state index >= 15 is 0 Å². The van der Waals surface area contributed by atoms with E-state index in [2.05, 4.69) is 30.5 Å². The first-order valence-corrected chi connectivity index (χ1v) is 10.6. The molecule has 0 radical (unpaired) electrons. The molecule has 174 valence electrons. The van der Waals surface area contributed by atoms with E-state index in [4.69, 9.17) is 0 Å². The molecule has 1 aliphatic rings. The van der Waals surface area contributed by atoms with Crippen LogP contribution in [-0.4, -0.2) is 73.1 Å². The normalized spacial score (nSPS) is 14.0. The number of nitrogens with one attached hydrogen (secondary N) is 2. The lowest BCUT2D eigenvalue weighted by atomic mass is 10.1. The largest absolute Gasteiger partial charge is 0.356 e. The first-order valence-electron chi connectivity index (χ1n) is 10.6. The minimum Gasteiger partial charge on any atom is -0.356 e. The van der Waals surface area contributed by atoms with Crippen LogP contribution in [-0.2, 0) is 11.2 Å². The zero-order chi connectivity index (χ0) is 22.1. The molecule has 1 aromatic carbocycles. The molecule has 3 rings (SSSR count). The number of hydrogen-bond donors (Lipinski definition) is 2. The molecular formula is C22H31FIN7O. The number of aliphatic imine (C=N–C) groups is 1. The fraction of sp³-hybridized carbons (Fsp3) is 0.455. The average Bonchev–Trinajstić information content (AvgIpc) is 2.80. The van der Waals surface area contributed by atoms with Gasteiger partial charge in [0.25, 0.3) is 0 Å². The Labute approximate surface area is 205 Å². The molecular weight excluding hydrogens is 524 g/mol. The SMILES string of the molecule is CN=C(NCCC(=O)N1CCN(c2ncccn2)CC1)NCCc1ccc(F)cc1C.I. The van der Waals surface area contributed by atoms with Gasteiger partial charge in [0.05, 0.1) is 0 Å². The van der Waals surface area contributed by atoms with Crippen molar-refractivity contribution < 1.29 is 9.18 Å². The van der Waals surface area contributed by atoms with Crippen LogP contribution in [0.5, 0.6) is 0 Å². The Kier molecular flexibility index (Phi) is 10.6. The number of benzene rings is 1. The summed E-state index contributed by atoms with van der Waals surface area (Å²) in [7, 11) is 1.70. The molecule has 8 nitrogen and oxygen atoms in total. The van der Waals surface area contributed by atoms with Crippen LogP contribution in [0.1, 0.15) is 17.5 Å². The van der Waals surface area contributed by atoms with Crippen LogP contribution in [0.25, 0.3) is 0 Å². The highest BCUT2D eigenvalue weighted by Crippen LogP contribution is 2.11. The molecule has 0 aliphatic carbocycles. The minimum absolute atomic E-state index is 0. The van der Waals surface area contributed by atoms with Crippen molar-refractivity contribution in [3.8, 4) is 0 Å². The summed E-state index contributed by atoms with van der Waals surface area (Å²) in [6.07, 6.45) is 4.63. The van der Waals surface area contributed by atoms with Crippen LogP contribution in [0, 0.1) is 12.7 Å². The molecule has 0 saturated carbocycles. The lowest BCUT2D eigenvalue weighted by molar-refractivity contribution is -0.131. The van der Waals surface area contributed by atoms with Gasteiger partial charge in [-0.1, -0.05) is 6.07 Å². The van der Waals surface area contributed by atoms with E-state index in [0.717, 1.165) is 30.6 Å². The van der Waals surface area contributed by atoms with E-state index in [1.807, 2.05) is 17.9 Å². The van der Waals surface area contributed by atoms with Gasteiger partial charge in [-0.25, -0.2) is 14.4 Å². The van der Waals surface area contributed by atoms with Gasteiger partial charge in [-0.15, -0.1) is 24.0 Å². The Bertz CT molecular complexity index is 889. The molecule has 32 heavy (non-hydrogen) atoms. The molecule has 1 saturated heterocycles. The smallest absolute Gasteiger partial charge is 0.225 e. The number of aryl methyl sites for hydroxylation is 1. The maximum Gasteiger partial charge on any atom is 0.225 e. The number of rotatable bonds is 7. The second kappa shape index (κ2) is 13.1. The van der Waals surface area contributed by atoms with Crippen LogP contribution < -0.4 is 15.5 Å². The summed E-state index contributed by atoms with van der Waals surface area (Å²) in [6, 6.07) is 6.63. The Morgan fingerprint density at radius 2 is 1.81 bits per heavy atom. The maximum atomic E-state index is 13.2. The highest BCUT2D eigenvalue weighted by molar-refractivity contribution is 14.0. The van der Waals surface area contributed by atoms with Crippen molar-refractivity contribution >= 4 is 41.8 Å². The average molecular weight is 555 g/mol. The fourth-order valence-corrected chi connectivity index (χ4v) is 3.53. The van der Waals surface area contributed by atoms with Gasteiger partial charge >= 0.3 is 0 Å². The van der Waals surface area contributed by atoms with Crippen molar-refractivity contribution in [3.05, 3.63) is 53.6 Å². The predicted octanol–water partition coefficient (Wildman–Crippen LogP) is 1.99. The van der Waals surface area contributed by atoms with Gasteiger partial charge in [-0.05, 0) is 42.7 Å². The third-order valence-corrected chi connectivity index (χ3v) is 5.31. The predicted molar refractivity (Wildman–Crippen MR) is 135 cm³/mol. The topological polar surface area (TPSA) is 85.8 Å². The molecule has 0 atom stereocenters. The molecule has 0 spiro atoms. The van der Waals surface area contributed by atoms with E-state index in [1.54, 1.807) is 31.6 Å². The third kappa shape index (κ3) is 7.57. The highest BCUT2D eigenvalue weighted by Gasteiger charge is 2.22. The van der Waals surface area contributed by atoms with Crippen molar-refractivity contribution in [1.29, 1.82) is 0 Å². The van der Waals surface area contributed by atoms with E-state index in [1.165, 1.54) is 6.07 Å². The summed E-state index contributed by atoms with van der Waals surface area (Å²) in [6.45, 7) is 5.88. The standard InChI is InChI=1S/C22H30FN7O.HI/c1-17-16-19(23)5-4-18(17)6-10-25-21(24-2)26-11-7-20(31)29-12-14-30(15-13-29)22-27-8-3-9-28-22;/h3-5,8-9,16H,6-7,10-15H2,1-2H3,(H2,24,25,26);1H. The first-order chi connectivity index (χ1) is 15.1. The molecule has 1 fully saturated rings. The number of amides is 1. The Hall–Kier alpha value is -2.50. The van der Waals surface area contributed by atoms with Crippen molar-refractivity contribution in [1.82, 2.24) is 25.5 Å². The molecule has 1 aromatic heterocycles. The first kappa shape index (κ1) is 25.8. The Balaban J connectivity index is 0.00000363. The van der Waals surface area contributed by atoms with Crippen molar-refractivity contribution in [2.75, 3.05) is 51.2 Å². The molecule has 2 N–H and O–H groups in total. The van der Waals surface area contributed by atoms with Gasteiger partial charge in [-0.3, -0.25) is 9.79 Å². The quantitative estimate of drug-likeness (QED) is 0.309. The second-order valence-corrected chi connectivity index (χ2v) is 7.41. The molecule has 0 bridgehead atoms. The number of hydrogen-bond acceptors (Lipinski definition) is 5. The molecule has 1 amide bonds. The van der Waals surface area contributed by atoms with E-state index in [-0.39, 0.29) is 35.7 Å². The summed E-state index contributed by atoms with van der Waals surface area (Å²) in [4.78, 5) is 29.2. The summed E-state index contributed by atoms with van der Waals surface area (Å²) in [5.74, 6) is 1.27. The van der Waals surface area contributed by atoms with Gasteiger partial charge in [0.2, 0.25) is 11.9 Å². The van der Waals surface area contributed by atoms with Crippen molar-refractivity contribution in [3.63, 3.8) is 0 Å². The molecule has 10 heteroatoms. The minimum atomic E-state index is -0.217. The number of carbonyl (C=O) groups is 1. The van der Waals surface area contributed by atoms with Crippen molar-refractivity contribution in [2.45, 2.75) is 19.8 Å². The van der Waals surface area contributed by atoms with Gasteiger partial charge in [-0.2, -0.15) is 0 Å². The Morgan fingerprint density at radius 3 is 2.47 bits per heavy atom. The number of carbonyl (C=O) groups excluding carboxylic acids is 1. The highest BCUT2D eigenvalue weighted by atomic mass is 127. The van der Waals surface area contributed by atoms with Crippen LogP contribution >= 0.6 is 24.0 Å². The summed E-state index contributed by atoms with van der Waals surface area (Å²) >= 11 is 0. The van der Waals surface area contributed by atoms with Gasteiger partial charge in [0.15, 0.2) is 5.96 Å². The van der Waals surface area contributed by atoms with Gasteiger partial charge in [0.1, 0.15) is 5.82 Å². The molecule has 0 unspecified atom stereocenters. The zero-order valence-electron chi connectivity index (χ0n) is 18.6. The Morgan fingerprint density at radius 1 is 1.12 bits per heavy atom. The number of piperazine rings is 1. The number of guanidine groups is 1. The monoisotopic (exact) mass is 555 g/mol. The zero-order valence-corrected chi connectivity index (χ0v) is 20.9. The maximum absolute atomic E-state index is 13.2. The lowest BCUT2D eigenvalue weighted by Crippen LogP contribution is -2.50. The van der Waals surface area contributed by atoms with E-state index < -0.39 is 0 Å². The van der Waals surface area contributed by atoms with Gasteiger partial charge < -0.3 is 20.4 Å². The molecule has 1 aliphatic heterocycles. The molecule has 2 aromatic rings. The second-order valence-electron chi connectivity index (χ2n) is 7.41. The summed E-state index contributed by atoms with van der Waals surface area (Å²) in [5, 5.41) is 6.42. The van der Waals surface area contributed by atoms with Crippen molar-refractivity contribution in [2.24, 2.45) is 4.99 Å². The fourth-order valence-electron chi connectivity index (χ4n) is 3.53. The van der Waals surface area contributed by atoms with Crippen LogP contribution in [0.3, 0.4) is 0 Å². The number of anilines is 1. The number of nitrogens with zero attached hydrogens (tertiary/aromatic N) is 5. The summed E-state index contributed by atoms with van der Waals surface area (Å²) in [5.41, 5.74) is 2.04. The van der Waals surface area contributed by atoms with Crippen LogP contribution in [0.2, 0.25) is 0 Å².